The molecule has 3 heteroatoms. The van der Waals surface area contributed by atoms with Crippen molar-refractivity contribution in [2.45, 2.75) is 6.92 Å². The lowest BCUT2D eigenvalue weighted by Gasteiger charge is -2.04. The van der Waals surface area contributed by atoms with Gasteiger partial charge in [-0.15, -0.1) is 0 Å². The molecule has 0 N–H and O–H groups in total. The van der Waals surface area contributed by atoms with Crippen LogP contribution in [0.3, 0.4) is 0 Å². The summed E-state index contributed by atoms with van der Waals surface area (Å²) in [6, 6.07) is 8.72. The molecule has 0 aliphatic heterocycles. The Morgan fingerprint density at radius 3 is 2.92 bits per heavy atom. The second-order valence-electron chi connectivity index (χ2n) is 2.84. The van der Waals surface area contributed by atoms with Crippen LogP contribution in [0.25, 0.3) is 5.69 Å². The average molecular weight is 192 g/mol. The molecule has 1 radical (unpaired) electrons. The van der Waals surface area contributed by atoms with Crippen molar-refractivity contribution in [3.05, 3.63) is 47.2 Å². The van der Waals surface area contributed by atoms with Crippen LogP contribution in [0, 0.1) is 13.0 Å². The predicted molar refractivity (Wildman–Crippen MR) is 52.1 cm³/mol. The van der Waals surface area contributed by atoms with Gasteiger partial charge in [-0.25, -0.2) is 4.68 Å². The van der Waals surface area contributed by atoms with Gasteiger partial charge in [0.1, 0.15) is 0 Å². The van der Waals surface area contributed by atoms with Crippen molar-refractivity contribution in [3.8, 4) is 5.69 Å². The molecule has 1 aromatic carbocycles. The Balaban J connectivity index is 2.53. The smallest absolute Gasteiger partial charge is 0.0832 e. The highest BCUT2D eigenvalue weighted by Gasteiger charge is 2.01. The third kappa shape index (κ3) is 1.58. The summed E-state index contributed by atoms with van der Waals surface area (Å²) >= 11 is 6.05. The maximum atomic E-state index is 6.05. The van der Waals surface area contributed by atoms with E-state index >= 15 is 0 Å². The summed E-state index contributed by atoms with van der Waals surface area (Å²) in [5.74, 6) is 0. The molecule has 2 rings (SSSR count). The molecule has 0 aliphatic carbocycles. The molecule has 13 heavy (non-hydrogen) atoms. The SMILES string of the molecule is Cc1ccc(-n2c[c]cn2)c(Cl)c1. The molecule has 1 heterocycles. The van der Waals surface area contributed by atoms with E-state index in [1.54, 1.807) is 17.1 Å². The van der Waals surface area contributed by atoms with Crippen molar-refractivity contribution in [1.29, 1.82) is 0 Å². The maximum Gasteiger partial charge on any atom is 0.0832 e. The monoisotopic (exact) mass is 191 g/mol. The minimum absolute atomic E-state index is 0.706. The zero-order valence-corrected chi connectivity index (χ0v) is 7.92. The first-order valence-corrected chi connectivity index (χ1v) is 4.32. The topological polar surface area (TPSA) is 17.8 Å². The van der Waals surface area contributed by atoms with Crippen LogP contribution in [0.5, 0.6) is 0 Å². The maximum absolute atomic E-state index is 6.05. The van der Waals surface area contributed by atoms with Gasteiger partial charge in [0.2, 0.25) is 0 Å². The molecule has 2 nitrogen and oxygen atoms in total. The highest BCUT2D eigenvalue weighted by atomic mass is 35.5. The van der Waals surface area contributed by atoms with Crippen molar-refractivity contribution in [2.24, 2.45) is 0 Å². The van der Waals surface area contributed by atoms with E-state index in [4.69, 9.17) is 11.6 Å². The molecule has 0 saturated heterocycles. The van der Waals surface area contributed by atoms with E-state index in [2.05, 4.69) is 11.2 Å². The van der Waals surface area contributed by atoms with Crippen LogP contribution in [0.1, 0.15) is 5.56 Å². The van der Waals surface area contributed by atoms with E-state index in [1.807, 2.05) is 25.1 Å². The van der Waals surface area contributed by atoms with Gasteiger partial charge in [0.25, 0.3) is 0 Å². The first-order chi connectivity index (χ1) is 6.27. The Morgan fingerprint density at radius 2 is 2.31 bits per heavy atom. The third-order valence-corrected chi connectivity index (χ3v) is 2.11. The van der Waals surface area contributed by atoms with E-state index < -0.39 is 0 Å². The molecule has 0 bridgehead atoms. The zero-order valence-electron chi connectivity index (χ0n) is 7.16. The van der Waals surface area contributed by atoms with Gasteiger partial charge in [0.05, 0.1) is 16.9 Å². The summed E-state index contributed by atoms with van der Waals surface area (Å²) in [6.07, 6.45) is 3.35. The van der Waals surface area contributed by atoms with Crippen molar-refractivity contribution in [3.63, 3.8) is 0 Å². The summed E-state index contributed by atoms with van der Waals surface area (Å²) in [5, 5.41) is 4.76. The Bertz CT molecular complexity index is 407. The van der Waals surface area contributed by atoms with Crippen molar-refractivity contribution in [2.75, 3.05) is 0 Å². The predicted octanol–water partition coefficient (Wildman–Crippen LogP) is 2.63. The fraction of sp³-hybridized carbons (Fsp3) is 0.100. The van der Waals surface area contributed by atoms with Crippen LogP contribution in [-0.2, 0) is 0 Å². The second kappa shape index (κ2) is 3.23. The summed E-state index contributed by atoms with van der Waals surface area (Å²) in [7, 11) is 0. The third-order valence-electron chi connectivity index (χ3n) is 1.80. The lowest BCUT2D eigenvalue weighted by Crippen LogP contribution is -1.94. The van der Waals surface area contributed by atoms with Gasteiger partial charge >= 0.3 is 0 Å². The van der Waals surface area contributed by atoms with Crippen molar-refractivity contribution >= 4 is 11.6 Å². The minimum Gasteiger partial charge on any atom is -0.239 e. The van der Waals surface area contributed by atoms with Crippen LogP contribution in [0.4, 0.5) is 0 Å². The molecule has 0 unspecified atom stereocenters. The number of aromatic nitrogens is 2. The quantitative estimate of drug-likeness (QED) is 0.678. The van der Waals surface area contributed by atoms with Gasteiger partial charge in [0, 0.05) is 12.3 Å². The Kier molecular flexibility index (Phi) is 2.07. The summed E-state index contributed by atoms with van der Waals surface area (Å²) < 4.78 is 1.70. The van der Waals surface area contributed by atoms with Crippen LogP contribution < -0.4 is 0 Å². The van der Waals surface area contributed by atoms with Crippen LogP contribution in [-0.4, -0.2) is 9.78 Å². The molecule has 0 fully saturated rings. The molecule has 0 spiro atoms. The van der Waals surface area contributed by atoms with Crippen molar-refractivity contribution in [1.82, 2.24) is 9.78 Å². The standard InChI is InChI=1S/C10H8ClN2/c1-8-3-4-10(9(11)7-8)13-6-2-5-12-13/h3-7H,1H3. The molecule has 0 amide bonds. The van der Waals surface area contributed by atoms with Crippen LogP contribution in [0.15, 0.2) is 30.6 Å². The molecule has 2 aromatic rings. The van der Waals surface area contributed by atoms with Gasteiger partial charge in [0.15, 0.2) is 0 Å². The lowest BCUT2D eigenvalue weighted by atomic mass is 10.2. The zero-order chi connectivity index (χ0) is 9.26. The van der Waals surface area contributed by atoms with Gasteiger partial charge in [-0.2, -0.15) is 5.10 Å². The fourth-order valence-corrected chi connectivity index (χ4v) is 1.48. The first-order valence-electron chi connectivity index (χ1n) is 3.94. The molecular weight excluding hydrogens is 184 g/mol. The minimum atomic E-state index is 0.706. The van der Waals surface area contributed by atoms with Crippen LogP contribution >= 0.6 is 11.6 Å². The molecule has 0 aliphatic rings. The normalized spacial score (nSPS) is 10.3. The van der Waals surface area contributed by atoms with E-state index in [1.165, 1.54) is 0 Å². The highest BCUT2D eigenvalue weighted by Crippen LogP contribution is 2.20. The Morgan fingerprint density at radius 1 is 1.46 bits per heavy atom. The number of rotatable bonds is 1. The molecule has 0 atom stereocenters. The highest BCUT2D eigenvalue weighted by molar-refractivity contribution is 6.32. The number of halogens is 1. The molecule has 0 saturated carbocycles. The van der Waals surface area contributed by atoms with Crippen LogP contribution in [0.2, 0.25) is 5.02 Å². The molecular formula is C10H8ClN2. The number of aryl methyl sites for hydroxylation is 1. The van der Waals surface area contributed by atoms with E-state index in [0.29, 0.717) is 5.02 Å². The first kappa shape index (κ1) is 8.32. The number of benzene rings is 1. The summed E-state index contributed by atoms with van der Waals surface area (Å²) in [4.78, 5) is 0. The van der Waals surface area contributed by atoms with Gasteiger partial charge in [-0.05, 0) is 24.6 Å². The Hall–Kier alpha value is -1.28. The molecule has 1 aromatic heterocycles. The summed E-state index contributed by atoms with van der Waals surface area (Å²) in [6.45, 7) is 2.00. The van der Waals surface area contributed by atoms with E-state index in [9.17, 15) is 0 Å². The molecule has 65 valence electrons. The second-order valence-corrected chi connectivity index (χ2v) is 3.25. The van der Waals surface area contributed by atoms with Gasteiger partial charge < -0.3 is 0 Å². The lowest BCUT2D eigenvalue weighted by molar-refractivity contribution is 0.880. The number of hydrogen-bond donors (Lipinski definition) is 0. The van der Waals surface area contributed by atoms with Gasteiger partial charge in [-0.1, -0.05) is 17.7 Å². The van der Waals surface area contributed by atoms with Gasteiger partial charge in [-0.3, -0.25) is 0 Å². The number of hydrogen-bond acceptors (Lipinski definition) is 1. The Labute approximate surface area is 81.8 Å². The largest absolute Gasteiger partial charge is 0.239 e. The summed E-state index contributed by atoms with van der Waals surface area (Å²) in [5.41, 5.74) is 2.03. The number of nitrogens with zero attached hydrogens (tertiary/aromatic N) is 2. The van der Waals surface area contributed by atoms with E-state index in [-0.39, 0.29) is 0 Å². The fourth-order valence-electron chi connectivity index (χ4n) is 1.16. The van der Waals surface area contributed by atoms with E-state index in [0.717, 1.165) is 11.3 Å². The average Bonchev–Trinajstić information content (AvgIpc) is 2.56. The van der Waals surface area contributed by atoms with Crippen molar-refractivity contribution < 1.29 is 0 Å².